The summed E-state index contributed by atoms with van der Waals surface area (Å²) in [6.07, 6.45) is 4.60. The van der Waals surface area contributed by atoms with Crippen LogP contribution in [0.1, 0.15) is 18.9 Å². The molecule has 2 heterocycles. The smallest absolute Gasteiger partial charge is 0.0589 e. The average molecular weight is 273 g/mol. The maximum absolute atomic E-state index is 5.92. The van der Waals surface area contributed by atoms with E-state index in [1.807, 2.05) is 6.07 Å². The van der Waals surface area contributed by atoms with Crippen molar-refractivity contribution in [1.29, 1.82) is 0 Å². The molecular weight excluding hydrogens is 250 g/mol. The molecule has 0 amide bonds. The first-order valence-electron chi connectivity index (χ1n) is 7.35. The minimum atomic E-state index is 0.591. The summed E-state index contributed by atoms with van der Waals surface area (Å²) >= 11 is 0. The van der Waals surface area contributed by atoms with Crippen LogP contribution in [0.15, 0.2) is 30.5 Å². The van der Waals surface area contributed by atoms with Crippen LogP contribution in [0.5, 0.6) is 0 Å². The Morgan fingerprint density at radius 3 is 2.80 bits per heavy atom. The van der Waals surface area contributed by atoms with E-state index in [2.05, 4.69) is 33.9 Å². The molecule has 0 unspecified atom stereocenters. The van der Waals surface area contributed by atoms with Gasteiger partial charge in [-0.2, -0.15) is 0 Å². The Morgan fingerprint density at radius 2 is 2.05 bits per heavy atom. The molecule has 1 aliphatic heterocycles. The number of methoxy groups -OCH3 is 1. The number of likely N-dealkylation sites (tertiary alicyclic amines) is 1. The number of nitrogen functional groups attached to an aromatic ring is 1. The number of rotatable bonds is 4. The zero-order valence-corrected chi connectivity index (χ0v) is 12.1. The van der Waals surface area contributed by atoms with Crippen molar-refractivity contribution in [3.8, 4) is 0 Å². The Labute approximate surface area is 120 Å². The first-order valence-corrected chi connectivity index (χ1v) is 7.35. The molecule has 1 fully saturated rings. The molecule has 0 bridgehead atoms. The summed E-state index contributed by atoms with van der Waals surface area (Å²) in [5.74, 6) is 0. The summed E-state index contributed by atoms with van der Waals surface area (Å²) in [6.45, 7) is 4.17. The second-order valence-electron chi connectivity index (χ2n) is 5.61. The van der Waals surface area contributed by atoms with E-state index in [0.29, 0.717) is 6.04 Å². The molecule has 0 atom stereocenters. The Hall–Kier alpha value is -1.52. The van der Waals surface area contributed by atoms with Crippen molar-refractivity contribution < 1.29 is 4.74 Å². The standard InChI is InChI=1S/C16H23N3O/c1-20-11-10-18-7-5-15(6-8-18)19-9-4-13-2-3-14(17)12-16(13)19/h2-4,9,12,15H,5-8,10-11,17H2,1H3. The van der Waals surface area contributed by atoms with Gasteiger partial charge in [-0.3, -0.25) is 0 Å². The van der Waals surface area contributed by atoms with Gasteiger partial charge >= 0.3 is 0 Å². The molecule has 20 heavy (non-hydrogen) atoms. The lowest BCUT2D eigenvalue weighted by molar-refractivity contribution is 0.122. The van der Waals surface area contributed by atoms with Crippen molar-refractivity contribution in [2.24, 2.45) is 0 Å². The van der Waals surface area contributed by atoms with Crippen LogP contribution < -0.4 is 5.73 Å². The number of hydrogen-bond donors (Lipinski definition) is 1. The molecule has 108 valence electrons. The minimum absolute atomic E-state index is 0.591. The molecule has 0 spiro atoms. The number of piperidine rings is 1. The van der Waals surface area contributed by atoms with Gasteiger partial charge in [0.2, 0.25) is 0 Å². The molecule has 2 N–H and O–H groups in total. The van der Waals surface area contributed by atoms with Gasteiger partial charge in [0.1, 0.15) is 0 Å². The Bertz CT molecular complexity index is 570. The van der Waals surface area contributed by atoms with E-state index in [0.717, 1.165) is 31.9 Å². The highest BCUT2D eigenvalue weighted by Crippen LogP contribution is 2.28. The number of anilines is 1. The maximum Gasteiger partial charge on any atom is 0.0589 e. The van der Waals surface area contributed by atoms with E-state index in [4.69, 9.17) is 10.5 Å². The predicted molar refractivity (Wildman–Crippen MR) is 82.9 cm³/mol. The van der Waals surface area contributed by atoms with Gasteiger partial charge in [-0.05, 0) is 36.4 Å². The quantitative estimate of drug-likeness (QED) is 0.870. The van der Waals surface area contributed by atoms with E-state index < -0.39 is 0 Å². The Kier molecular flexibility index (Phi) is 3.94. The molecule has 1 aromatic carbocycles. The zero-order valence-electron chi connectivity index (χ0n) is 12.1. The number of benzene rings is 1. The minimum Gasteiger partial charge on any atom is -0.399 e. The van der Waals surface area contributed by atoms with Crippen LogP contribution in [0.4, 0.5) is 5.69 Å². The van der Waals surface area contributed by atoms with E-state index in [1.165, 1.54) is 23.7 Å². The van der Waals surface area contributed by atoms with Crippen LogP contribution >= 0.6 is 0 Å². The summed E-state index contributed by atoms with van der Waals surface area (Å²) in [6, 6.07) is 8.95. The third kappa shape index (κ3) is 2.67. The highest BCUT2D eigenvalue weighted by atomic mass is 16.5. The number of nitrogens with zero attached hydrogens (tertiary/aromatic N) is 2. The van der Waals surface area contributed by atoms with Gasteiger partial charge in [-0.15, -0.1) is 0 Å². The number of nitrogens with two attached hydrogens (primary N) is 1. The molecule has 0 radical (unpaired) electrons. The summed E-state index contributed by atoms with van der Waals surface area (Å²) < 4.78 is 7.56. The number of aromatic nitrogens is 1. The lowest BCUT2D eigenvalue weighted by Gasteiger charge is -2.33. The van der Waals surface area contributed by atoms with Crippen molar-refractivity contribution in [3.05, 3.63) is 30.5 Å². The van der Waals surface area contributed by atoms with Gasteiger partial charge in [0, 0.05) is 44.7 Å². The zero-order chi connectivity index (χ0) is 13.9. The molecule has 2 aromatic rings. The van der Waals surface area contributed by atoms with Crippen LogP contribution in [0.2, 0.25) is 0 Å². The highest BCUT2D eigenvalue weighted by Gasteiger charge is 2.21. The average Bonchev–Trinajstić information content (AvgIpc) is 2.88. The number of fused-ring (bicyclic) bond motifs is 1. The largest absolute Gasteiger partial charge is 0.399 e. The molecule has 1 saturated heterocycles. The fraction of sp³-hybridized carbons (Fsp3) is 0.500. The normalized spacial score (nSPS) is 17.9. The van der Waals surface area contributed by atoms with E-state index >= 15 is 0 Å². The summed E-state index contributed by atoms with van der Waals surface area (Å²) in [4.78, 5) is 2.49. The van der Waals surface area contributed by atoms with Crippen molar-refractivity contribution in [1.82, 2.24) is 9.47 Å². The van der Waals surface area contributed by atoms with Crippen LogP contribution in [0.25, 0.3) is 10.9 Å². The fourth-order valence-corrected chi connectivity index (χ4v) is 3.13. The maximum atomic E-state index is 5.92. The first-order chi connectivity index (χ1) is 9.78. The van der Waals surface area contributed by atoms with Crippen molar-refractivity contribution in [3.63, 3.8) is 0 Å². The second-order valence-corrected chi connectivity index (χ2v) is 5.61. The van der Waals surface area contributed by atoms with E-state index in [1.54, 1.807) is 7.11 Å². The van der Waals surface area contributed by atoms with Gasteiger partial charge in [-0.25, -0.2) is 0 Å². The summed E-state index contributed by atoms with van der Waals surface area (Å²) in [5, 5.41) is 1.28. The Balaban J connectivity index is 1.72. The monoisotopic (exact) mass is 273 g/mol. The SMILES string of the molecule is COCCN1CCC(n2ccc3ccc(N)cc32)CC1. The van der Waals surface area contributed by atoms with Gasteiger partial charge in [-0.1, -0.05) is 6.07 Å². The van der Waals surface area contributed by atoms with Gasteiger partial charge in [0.15, 0.2) is 0 Å². The summed E-state index contributed by atoms with van der Waals surface area (Å²) in [7, 11) is 1.77. The molecular formula is C16H23N3O. The molecule has 0 aliphatic carbocycles. The first kappa shape index (κ1) is 13.5. The van der Waals surface area contributed by atoms with Crippen LogP contribution in [-0.4, -0.2) is 42.8 Å². The fourth-order valence-electron chi connectivity index (χ4n) is 3.13. The topological polar surface area (TPSA) is 43.4 Å². The molecule has 0 saturated carbocycles. The Morgan fingerprint density at radius 1 is 1.25 bits per heavy atom. The third-order valence-corrected chi connectivity index (χ3v) is 4.31. The van der Waals surface area contributed by atoms with E-state index in [9.17, 15) is 0 Å². The van der Waals surface area contributed by atoms with Gasteiger partial charge in [0.05, 0.1) is 12.1 Å². The second kappa shape index (κ2) is 5.85. The summed E-state index contributed by atoms with van der Waals surface area (Å²) in [5.41, 5.74) is 8.03. The predicted octanol–water partition coefficient (Wildman–Crippen LogP) is 2.51. The highest BCUT2D eigenvalue weighted by molar-refractivity contribution is 5.83. The lowest BCUT2D eigenvalue weighted by Crippen LogP contribution is -2.36. The number of ether oxygens (including phenoxy) is 1. The van der Waals surface area contributed by atoms with Gasteiger partial charge < -0.3 is 19.9 Å². The lowest BCUT2D eigenvalue weighted by atomic mass is 10.0. The van der Waals surface area contributed by atoms with Crippen molar-refractivity contribution >= 4 is 16.6 Å². The van der Waals surface area contributed by atoms with Crippen molar-refractivity contribution in [2.75, 3.05) is 39.1 Å². The molecule has 4 nitrogen and oxygen atoms in total. The molecule has 1 aromatic heterocycles. The van der Waals surface area contributed by atoms with Crippen LogP contribution in [-0.2, 0) is 4.74 Å². The number of hydrogen-bond acceptors (Lipinski definition) is 3. The van der Waals surface area contributed by atoms with Gasteiger partial charge in [0.25, 0.3) is 0 Å². The van der Waals surface area contributed by atoms with Crippen LogP contribution in [0.3, 0.4) is 0 Å². The molecule has 4 heteroatoms. The third-order valence-electron chi connectivity index (χ3n) is 4.31. The molecule has 3 rings (SSSR count). The van der Waals surface area contributed by atoms with Crippen molar-refractivity contribution in [2.45, 2.75) is 18.9 Å². The molecule has 1 aliphatic rings. The van der Waals surface area contributed by atoms with Crippen LogP contribution in [0, 0.1) is 0 Å². The van der Waals surface area contributed by atoms with E-state index in [-0.39, 0.29) is 0 Å².